The largest absolute Gasteiger partial charge is 0.384 e. The summed E-state index contributed by atoms with van der Waals surface area (Å²) >= 11 is 3.13. The zero-order valence-electron chi connectivity index (χ0n) is 8.22. The maximum absolute atomic E-state index is 13.3. The molecule has 1 aromatic carbocycles. The van der Waals surface area contributed by atoms with Crippen molar-refractivity contribution in [3.05, 3.63) is 28.5 Å². The lowest BCUT2D eigenvalue weighted by atomic mass is 10.3. The molecule has 5 heteroatoms. The minimum atomic E-state index is -0.463. The lowest BCUT2D eigenvalue weighted by Gasteiger charge is -2.06. The van der Waals surface area contributed by atoms with Crippen LogP contribution in [0.25, 0.3) is 0 Å². The van der Waals surface area contributed by atoms with E-state index in [1.54, 1.807) is 6.07 Å². The van der Waals surface area contributed by atoms with Gasteiger partial charge < -0.3 is 10.1 Å². The summed E-state index contributed by atoms with van der Waals surface area (Å²) in [5, 5.41) is 2.46. The van der Waals surface area contributed by atoms with E-state index in [2.05, 4.69) is 21.2 Å². The van der Waals surface area contributed by atoms with Crippen LogP contribution in [0.15, 0.2) is 22.7 Å². The number of hydrogen-bond acceptors (Lipinski definition) is 2. The number of nitrogens with one attached hydrogen (secondary N) is 1. The second-order valence-corrected chi connectivity index (χ2v) is 3.83. The van der Waals surface area contributed by atoms with Crippen molar-refractivity contribution in [3.8, 4) is 0 Å². The van der Waals surface area contributed by atoms with E-state index in [9.17, 15) is 9.18 Å². The Balaban J connectivity index is 2.60. The van der Waals surface area contributed by atoms with Crippen molar-refractivity contribution in [2.24, 2.45) is 0 Å². The van der Waals surface area contributed by atoms with Crippen molar-refractivity contribution in [2.75, 3.05) is 19.0 Å². The number of carbonyl (C=O) groups is 1. The third-order valence-corrected chi connectivity index (χ3v) is 2.23. The molecule has 0 atom stereocenters. The standard InChI is InChI=1S/C10H11BrFNO2/c1-15-5-4-10(14)13-9-3-2-7(11)6-8(9)12/h2-3,6H,4-5H2,1H3,(H,13,14). The Morgan fingerprint density at radius 3 is 2.93 bits per heavy atom. The molecule has 0 saturated carbocycles. The molecule has 0 heterocycles. The Labute approximate surface area is 95.7 Å². The molecule has 1 N–H and O–H groups in total. The van der Waals surface area contributed by atoms with Crippen LogP contribution < -0.4 is 5.32 Å². The number of rotatable bonds is 4. The minimum absolute atomic E-state index is 0.180. The fraction of sp³-hybridized carbons (Fsp3) is 0.300. The third-order valence-electron chi connectivity index (χ3n) is 1.74. The number of benzene rings is 1. The van der Waals surface area contributed by atoms with Gasteiger partial charge in [-0.1, -0.05) is 15.9 Å². The first-order chi connectivity index (χ1) is 7.13. The van der Waals surface area contributed by atoms with Crippen molar-refractivity contribution in [3.63, 3.8) is 0 Å². The number of amides is 1. The van der Waals surface area contributed by atoms with E-state index in [1.807, 2.05) is 0 Å². The highest BCUT2D eigenvalue weighted by molar-refractivity contribution is 9.10. The van der Waals surface area contributed by atoms with E-state index >= 15 is 0 Å². The normalized spacial score (nSPS) is 10.1. The van der Waals surface area contributed by atoms with E-state index in [-0.39, 0.29) is 18.0 Å². The molecule has 0 saturated heterocycles. The van der Waals surface area contributed by atoms with E-state index in [4.69, 9.17) is 4.74 Å². The van der Waals surface area contributed by atoms with Crippen LogP contribution in [-0.2, 0) is 9.53 Å². The summed E-state index contributed by atoms with van der Waals surface area (Å²) in [6.45, 7) is 0.323. The number of carbonyl (C=O) groups excluding carboxylic acids is 1. The number of anilines is 1. The van der Waals surface area contributed by atoms with Gasteiger partial charge in [0.25, 0.3) is 0 Å². The van der Waals surface area contributed by atoms with Gasteiger partial charge in [-0.2, -0.15) is 0 Å². The van der Waals surface area contributed by atoms with Crippen molar-refractivity contribution >= 4 is 27.5 Å². The number of halogens is 2. The molecule has 0 aromatic heterocycles. The van der Waals surface area contributed by atoms with Crippen molar-refractivity contribution < 1.29 is 13.9 Å². The predicted octanol–water partition coefficient (Wildman–Crippen LogP) is 2.56. The Hall–Kier alpha value is -0.940. The van der Waals surface area contributed by atoms with Crippen LogP contribution in [-0.4, -0.2) is 19.6 Å². The monoisotopic (exact) mass is 275 g/mol. The van der Waals surface area contributed by atoms with Gasteiger partial charge in [-0.25, -0.2) is 4.39 Å². The molecular formula is C10H11BrFNO2. The molecule has 0 radical (unpaired) electrons. The maximum atomic E-state index is 13.3. The molecule has 0 fully saturated rings. The molecule has 0 bridgehead atoms. The number of methoxy groups -OCH3 is 1. The molecule has 0 unspecified atom stereocenters. The van der Waals surface area contributed by atoms with Crippen LogP contribution in [0.5, 0.6) is 0 Å². The van der Waals surface area contributed by atoms with Gasteiger partial charge in [0.2, 0.25) is 5.91 Å². The van der Waals surface area contributed by atoms with E-state index in [1.165, 1.54) is 19.2 Å². The molecule has 1 aromatic rings. The van der Waals surface area contributed by atoms with Gasteiger partial charge >= 0.3 is 0 Å². The van der Waals surface area contributed by atoms with Gasteiger partial charge in [-0.3, -0.25) is 4.79 Å². The molecule has 0 spiro atoms. The number of ether oxygens (including phenoxy) is 1. The Kier molecular flexibility index (Phi) is 4.71. The van der Waals surface area contributed by atoms with E-state index in [0.717, 1.165) is 0 Å². The Morgan fingerprint density at radius 1 is 1.60 bits per heavy atom. The second kappa shape index (κ2) is 5.82. The average Bonchev–Trinajstić information content (AvgIpc) is 2.19. The van der Waals surface area contributed by atoms with Gasteiger partial charge in [0.15, 0.2) is 0 Å². The first kappa shape index (κ1) is 12.1. The lowest BCUT2D eigenvalue weighted by Crippen LogP contribution is -2.14. The van der Waals surface area contributed by atoms with E-state index < -0.39 is 5.82 Å². The summed E-state index contributed by atoms with van der Waals surface area (Å²) in [6.07, 6.45) is 0.214. The van der Waals surface area contributed by atoms with Gasteiger partial charge in [-0.15, -0.1) is 0 Å². The Morgan fingerprint density at radius 2 is 2.33 bits per heavy atom. The molecule has 0 aliphatic rings. The summed E-state index contributed by atoms with van der Waals surface area (Å²) in [7, 11) is 1.51. The van der Waals surface area contributed by atoms with Crippen molar-refractivity contribution in [1.29, 1.82) is 0 Å². The first-order valence-electron chi connectivity index (χ1n) is 4.37. The van der Waals surface area contributed by atoms with E-state index in [0.29, 0.717) is 11.1 Å². The minimum Gasteiger partial charge on any atom is -0.384 e. The van der Waals surface area contributed by atoms with Crippen LogP contribution in [0.2, 0.25) is 0 Å². The van der Waals surface area contributed by atoms with Crippen LogP contribution in [0, 0.1) is 5.82 Å². The van der Waals surface area contributed by atoms with Gasteiger partial charge in [0.1, 0.15) is 5.82 Å². The fourth-order valence-corrected chi connectivity index (χ4v) is 1.33. The van der Waals surface area contributed by atoms with Gasteiger partial charge in [0.05, 0.1) is 18.7 Å². The Bertz CT molecular complexity index is 357. The molecular weight excluding hydrogens is 265 g/mol. The molecule has 3 nitrogen and oxygen atoms in total. The van der Waals surface area contributed by atoms with Crippen LogP contribution >= 0.6 is 15.9 Å². The smallest absolute Gasteiger partial charge is 0.226 e. The third kappa shape index (κ3) is 3.97. The van der Waals surface area contributed by atoms with Gasteiger partial charge in [0, 0.05) is 11.6 Å². The highest BCUT2D eigenvalue weighted by Crippen LogP contribution is 2.19. The summed E-state index contributed by atoms with van der Waals surface area (Å²) < 4.78 is 18.6. The summed E-state index contributed by atoms with van der Waals surface area (Å²) in [4.78, 5) is 11.2. The van der Waals surface area contributed by atoms with Gasteiger partial charge in [-0.05, 0) is 18.2 Å². The van der Waals surface area contributed by atoms with Crippen LogP contribution in [0.3, 0.4) is 0 Å². The number of hydrogen-bond donors (Lipinski definition) is 1. The zero-order valence-corrected chi connectivity index (χ0v) is 9.80. The second-order valence-electron chi connectivity index (χ2n) is 2.92. The topological polar surface area (TPSA) is 38.3 Å². The summed E-state index contributed by atoms with van der Waals surface area (Å²) in [6, 6.07) is 4.46. The molecule has 0 aliphatic heterocycles. The van der Waals surface area contributed by atoms with Crippen LogP contribution in [0.4, 0.5) is 10.1 Å². The SMILES string of the molecule is COCCC(=O)Nc1ccc(Br)cc1F. The summed E-state index contributed by atoms with van der Waals surface area (Å²) in [5.74, 6) is -0.729. The zero-order chi connectivity index (χ0) is 11.3. The molecule has 1 rings (SSSR count). The molecule has 1 amide bonds. The average molecular weight is 276 g/mol. The lowest BCUT2D eigenvalue weighted by molar-refractivity contribution is -0.117. The highest BCUT2D eigenvalue weighted by atomic mass is 79.9. The maximum Gasteiger partial charge on any atom is 0.226 e. The molecule has 0 aliphatic carbocycles. The highest BCUT2D eigenvalue weighted by Gasteiger charge is 2.06. The van der Waals surface area contributed by atoms with Crippen LogP contribution in [0.1, 0.15) is 6.42 Å². The van der Waals surface area contributed by atoms with Crippen molar-refractivity contribution in [2.45, 2.75) is 6.42 Å². The molecule has 15 heavy (non-hydrogen) atoms. The molecule has 82 valence electrons. The summed E-state index contributed by atoms with van der Waals surface area (Å²) in [5.41, 5.74) is 0.180. The first-order valence-corrected chi connectivity index (χ1v) is 5.16. The quantitative estimate of drug-likeness (QED) is 0.917. The fourth-order valence-electron chi connectivity index (χ4n) is 0.998. The van der Waals surface area contributed by atoms with Crippen molar-refractivity contribution in [1.82, 2.24) is 0 Å². The predicted molar refractivity (Wildman–Crippen MR) is 59.2 cm³/mol.